The molecule has 0 radical (unpaired) electrons. The smallest absolute Gasteiger partial charge is 0.286 e. The number of hydrogen-bond acceptors (Lipinski definition) is 6. The van der Waals surface area contributed by atoms with Crippen LogP contribution in [0.25, 0.3) is 6.08 Å². The van der Waals surface area contributed by atoms with Crippen LogP contribution in [-0.2, 0) is 4.79 Å². The molecule has 0 saturated carbocycles. The lowest BCUT2D eigenvalue weighted by Gasteiger charge is -2.30. The molecular formula is C19H24N2O4S. The Bertz CT molecular complexity index is 727. The lowest BCUT2D eigenvalue weighted by molar-refractivity contribution is -0.113. The summed E-state index contributed by atoms with van der Waals surface area (Å²) in [5.41, 5.74) is 0.805. The van der Waals surface area contributed by atoms with Crippen LogP contribution in [-0.4, -0.2) is 50.4 Å². The van der Waals surface area contributed by atoms with Crippen LogP contribution in [0.3, 0.4) is 0 Å². The standard InChI is InChI=1S/C19H24N2O4S/c1-12-5-7-21(8-6-12)19-20-18(22)16(26-19)11-13-9-14(23-2)17(25-4)15(10-13)24-3/h9-12H,5-8H2,1-4H3/b16-11-. The Hall–Kier alpha value is -2.15. The zero-order chi connectivity index (χ0) is 18.7. The molecule has 26 heavy (non-hydrogen) atoms. The number of aliphatic imine (C=N–C) groups is 1. The quantitative estimate of drug-likeness (QED) is 0.751. The van der Waals surface area contributed by atoms with Crippen LogP contribution in [0.1, 0.15) is 25.3 Å². The molecule has 1 saturated heterocycles. The highest BCUT2D eigenvalue weighted by Gasteiger charge is 2.28. The third kappa shape index (κ3) is 3.82. The van der Waals surface area contributed by atoms with Crippen LogP contribution in [0.5, 0.6) is 17.2 Å². The number of carbonyl (C=O) groups is 1. The Morgan fingerprint density at radius 3 is 2.27 bits per heavy atom. The Labute approximate surface area is 158 Å². The monoisotopic (exact) mass is 376 g/mol. The molecule has 0 aliphatic carbocycles. The number of nitrogens with zero attached hydrogens (tertiary/aromatic N) is 2. The number of amidine groups is 1. The molecule has 1 aromatic carbocycles. The number of benzene rings is 1. The van der Waals surface area contributed by atoms with Crippen LogP contribution in [0.2, 0.25) is 0 Å². The average molecular weight is 376 g/mol. The van der Waals surface area contributed by atoms with Crippen molar-refractivity contribution in [2.24, 2.45) is 10.9 Å². The van der Waals surface area contributed by atoms with Gasteiger partial charge in [-0.1, -0.05) is 6.92 Å². The Balaban J connectivity index is 1.82. The minimum atomic E-state index is -0.197. The zero-order valence-electron chi connectivity index (χ0n) is 15.6. The fourth-order valence-corrected chi connectivity index (χ4v) is 4.03. The minimum Gasteiger partial charge on any atom is -0.493 e. The summed E-state index contributed by atoms with van der Waals surface area (Å²) >= 11 is 1.43. The van der Waals surface area contributed by atoms with Gasteiger partial charge in [-0.2, -0.15) is 4.99 Å². The van der Waals surface area contributed by atoms with Gasteiger partial charge in [0, 0.05) is 13.1 Å². The molecule has 1 aromatic rings. The summed E-state index contributed by atoms with van der Waals surface area (Å²) in [6.45, 7) is 4.18. The first-order chi connectivity index (χ1) is 12.5. The molecule has 1 fully saturated rings. The molecule has 7 heteroatoms. The summed E-state index contributed by atoms with van der Waals surface area (Å²) in [6.07, 6.45) is 4.10. The molecular weight excluding hydrogens is 352 g/mol. The maximum atomic E-state index is 12.3. The van der Waals surface area contributed by atoms with Crippen molar-refractivity contribution >= 4 is 28.9 Å². The number of thioether (sulfide) groups is 1. The van der Waals surface area contributed by atoms with Gasteiger partial charge in [0.25, 0.3) is 5.91 Å². The summed E-state index contributed by atoms with van der Waals surface area (Å²) in [4.78, 5) is 19.4. The van der Waals surface area contributed by atoms with E-state index in [1.165, 1.54) is 11.8 Å². The highest BCUT2D eigenvalue weighted by atomic mass is 32.2. The van der Waals surface area contributed by atoms with Gasteiger partial charge in [-0.3, -0.25) is 4.79 Å². The van der Waals surface area contributed by atoms with E-state index < -0.39 is 0 Å². The van der Waals surface area contributed by atoms with Crippen molar-refractivity contribution in [3.63, 3.8) is 0 Å². The van der Waals surface area contributed by atoms with E-state index >= 15 is 0 Å². The molecule has 0 unspecified atom stereocenters. The summed E-state index contributed by atoms with van der Waals surface area (Å²) < 4.78 is 16.1. The molecule has 6 nitrogen and oxygen atoms in total. The van der Waals surface area contributed by atoms with Gasteiger partial charge in [0.1, 0.15) is 0 Å². The van der Waals surface area contributed by atoms with Gasteiger partial charge in [0.05, 0.1) is 26.2 Å². The third-order valence-electron chi connectivity index (χ3n) is 4.65. The second-order valence-electron chi connectivity index (χ2n) is 6.44. The van der Waals surface area contributed by atoms with Gasteiger partial charge in [0.2, 0.25) is 5.75 Å². The number of piperidine rings is 1. The number of amides is 1. The van der Waals surface area contributed by atoms with E-state index in [0.717, 1.165) is 42.6 Å². The van der Waals surface area contributed by atoms with Crippen molar-refractivity contribution in [1.29, 1.82) is 0 Å². The van der Waals surface area contributed by atoms with Crippen molar-refractivity contribution in [1.82, 2.24) is 4.90 Å². The van der Waals surface area contributed by atoms with E-state index in [9.17, 15) is 4.79 Å². The molecule has 1 amide bonds. The number of ether oxygens (including phenoxy) is 3. The van der Waals surface area contributed by atoms with E-state index in [-0.39, 0.29) is 5.91 Å². The maximum Gasteiger partial charge on any atom is 0.286 e. The van der Waals surface area contributed by atoms with Crippen molar-refractivity contribution in [2.75, 3.05) is 34.4 Å². The number of rotatable bonds is 4. The fraction of sp³-hybridized carbons (Fsp3) is 0.474. The van der Waals surface area contributed by atoms with Crippen LogP contribution in [0, 0.1) is 5.92 Å². The Morgan fingerprint density at radius 1 is 1.12 bits per heavy atom. The largest absolute Gasteiger partial charge is 0.493 e. The predicted molar refractivity (Wildman–Crippen MR) is 104 cm³/mol. The first-order valence-corrected chi connectivity index (χ1v) is 9.45. The average Bonchev–Trinajstić information content (AvgIpc) is 3.01. The van der Waals surface area contributed by atoms with Crippen molar-refractivity contribution in [2.45, 2.75) is 19.8 Å². The summed E-state index contributed by atoms with van der Waals surface area (Å²) in [7, 11) is 4.71. The molecule has 0 spiro atoms. The fourth-order valence-electron chi connectivity index (χ4n) is 3.07. The van der Waals surface area contributed by atoms with Crippen LogP contribution < -0.4 is 14.2 Å². The van der Waals surface area contributed by atoms with Crippen LogP contribution >= 0.6 is 11.8 Å². The van der Waals surface area contributed by atoms with Crippen molar-refractivity contribution in [3.05, 3.63) is 22.6 Å². The Kier molecular flexibility index (Phi) is 5.76. The molecule has 2 heterocycles. The number of carbonyl (C=O) groups excluding carboxylic acids is 1. The van der Waals surface area contributed by atoms with E-state index in [0.29, 0.717) is 22.2 Å². The van der Waals surface area contributed by atoms with Crippen LogP contribution in [0.15, 0.2) is 22.0 Å². The third-order valence-corrected chi connectivity index (χ3v) is 5.69. The predicted octanol–water partition coefficient (Wildman–Crippen LogP) is 3.41. The minimum absolute atomic E-state index is 0.197. The van der Waals surface area contributed by atoms with E-state index in [4.69, 9.17) is 14.2 Å². The summed E-state index contributed by atoms with van der Waals surface area (Å²) in [5, 5.41) is 0.806. The molecule has 2 aliphatic heterocycles. The first kappa shape index (κ1) is 18.6. The lowest BCUT2D eigenvalue weighted by Crippen LogP contribution is -2.35. The second kappa shape index (κ2) is 8.03. The zero-order valence-corrected chi connectivity index (χ0v) is 16.4. The number of methoxy groups -OCH3 is 3. The number of hydrogen-bond donors (Lipinski definition) is 0. The first-order valence-electron chi connectivity index (χ1n) is 8.63. The second-order valence-corrected chi connectivity index (χ2v) is 7.45. The van der Waals surface area contributed by atoms with Gasteiger partial charge in [-0.05, 0) is 54.3 Å². The lowest BCUT2D eigenvalue weighted by atomic mass is 10.00. The van der Waals surface area contributed by atoms with Crippen LogP contribution in [0.4, 0.5) is 0 Å². The topological polar surface area (TPSA) is 60.4 Å². The summed E-state index contributed by atoms with van der Waals surface area (Å²) in [6, 6.07) is 3.64. The molecule has 2 aliphatic rings. The van der Waals surface area contributed by atoms with Gasteiger partial charge in [0.15, 0.2) is 16.7 Å². The van der Waals surface area contributed by atoms with Gasteiger partial charge in [-0.25, -0.2) is 0 Å². The van der Waals surface area contributed by atoms with Gasteiger partial charge in [-0.15, -0.1) is 0 Å². The van der Waals surface area contributed by atoms with Crippen molar-refractivity contribution in [3.8, 4) is 17.2 Å². The van der Waals surface area contributed by atoms with Crippen molar-refractivity contribution < 1.29 is 19.0 Å². The molecule has 0 bridgehead atoms. The maximum absolute atomic E-state index is 12.3. The van der Waals surface area contributed by atoms with Gasteiger partial charge >= 0.3 is 0 Å². The molecule has 140 valence electrons. The summed E-state index contributed by atoms with van der Waals surface area (Å²) in [5.74, 6) is 2.18. The highest BCUT2D eigenvalue weighted by molar-refractivity contribution is 8.18. The van der Waals surface area contributed by atoms with Gasteiger partial charge < -0.3 is 19.1 Å². The molecule has 0 N–H and O–H groups in total. The molecule has 3 rings (SSSR count). The van der Waals surface area contributed by atoms with E-state index in [1.54, 1.807) is 21.3 Å². The SMILES string of the molecule is COc1cc(/C=C2\SC(N3CCC(C)CC3)=NC2=O)cc(OC)c1OC. The normalized spacial score (nSPS) is 19.7. The molecule has 0 aromatic heterocycles. The Morgan fingerprint density at radius 2 is 1.73 bits per heavy atom. The van der Waals surface area contributed by atoms with E-state index in [1.807, 2.05) is 18.2 Å². The van der Waals surface area contributed by atoms with E-state index in [2.05, 4.69) is 16.8 Å². The number of likely N-dealkylation sites (tertiary alicyclic amines) is 1. The highest BCUT2D eigenvalue weighted by Crippen LogP contribution is 2.40. The molecule has 0 atom stereocenters.